The van der Waals surface area contributed by atoms with Gasteiger partial charge in [-0.3, -0.25) is 4.79 Å². The average Bonchev–Trinajstić information content (AvgIpc) is 2.30. The Bertz CT molecular complexity index is 351. The molecule has 0 radical (unpaired) electrons. The van der Waals surface area contributed by atoms with Crippen molar-refractivity contribution in [2.45, 2.75) is 78.5 Å². The molecule has 6 heteroatoms. The summed E-state index contributed by atoms with van der Waals surface area (Å²) in [5.41, 5.74) is -0.514. The molecule has 0 saturated heterocycles. The minimum Gasteiger partial charge on any atom is -0.481 e. The van der Waals surface area contributed by atoms with Gasteiger partial charge in [-0.2, -0.15) is 0 Å². The van der Waals surface area contributed by atoms with Crippen molar-refractivity contribution < 1.29 is 19.4 Å². The van der Waals surface area contributed by atoms with E-state index in [9.17, 15) is 9.59 Å². The molecule has 0 rings (SSSR count). The van der Waals surface area contributed by atoms with Crippen molar-refractivity contribution in [3.63, 3.8) is 0 Å². The third-order valence-corrected chi connectivity index (χ3v) is 2.96. The Morgan fingerprint density at radius 3 is 2.23 bits per heavy atom. The van der Waals surface area contributed by atoms with Gasteiger partial charge >= 0.3 is 12.1 Å². The SMILES string of the molecule is CC(C)CC(CNC(=O)OC(C)(C)C)NC(C)CCC(=O)O. The van der Waals surface area contributed by atoms with Gasteiger partial charge in [0, 0.05) is 25.0 Å². The molecule has 0 aliphatic heterocycles. The fourth-order valence-corrected chi connectivity index (χ4v) is 2.13. The van der Waals surface area contributed by atoms with Crippen molar-refractivity contribution in [2.24, 2.45) is 5.92 Å². The number of rotatable bonds is 9. The van der Waals surface area contributed by atoms with Gasteiger partial charge in [-0.25, -0.2) is 4.79 Å². The summed E-state index contributed by atoms with van der Waals surface area (Å²) >= 11 is 0. The summed E-state index contributed by atoms with van der Waals surface area (Å²) < 4.78 is 5.22. The first-order valence-corrected chi connectivity index (χ1v) is 7.94. The van der Waals surface area contributed by atoms with E-state index < -0.39 is 17.7 Å². The van der Waals surface area contributed by atoms with Gasteiger partial charge < -0.3 is 20.5 Å². The second-order valence-corrected chi connectivity index (χ2v) is 7.21. The number of carboxylic acid groups (broad SMARTS) is 1. The third-order valence-electron chi connectivity index (χ3n) is 2.96. The smallest absolute Gasteiger partial charge is 0.407 e. The van der Waals surface area contributed by atoms with Crippen LogP contribution in [0.4, 0.5) is 4.79 Å². The molecule has 0 spiro atoms. The molecule has 0 saturated carbocycles. The Kier molecular flexibility index (Phi) is 9.09. The number of alkyl carbamates (subject to hydrolysis) is 1. The highest BCUT2D eigenvalue weighted by atomic mass is 16.6. The summed E-state index contributed by atoms with van der Waals surface area (Å²) in [4.78, 5) is 22.3. The van der Waals surface area contributed by atoms with Crippen molar-refractivity contribution in [1.29, 1.82) is 0 Å². The Hall–Kier alpha value is -1.30. The molecule has 2 unspecified atom stereocenters. The number of ether oxygens (including phenoxy) is 1. The highest BCUT2D eigenvalue weighted by molar-refractivity contribution is 5.67. The minimum atomic E-state index is -0.791. The molecule has 0 bridgehead atoms. The zero-order valence-corrected chi connectivity index (χ0v) is 14.7. The molecule has 0 aliphatic carbocycles. The largest absolute Gasteiger partial charge is 0.481 e. The van der Waals surface area contributed by atoms with Crippen molar-refractivity contribution in [3.05, 3.63) is 0 Å². The molecule has 6 nitrogen and oxygen atoms in total. The standard InChI is InChI=1S/C16H32N2O4/c1-11(2)9-13(18-12(3)7-8-14(19)20)10-17-15(21)22-16(4,5)6/h11-13,18H,7-10H2,1-6H3,(H,17,21)(H,19,20). The number of aliphatic carboxylic acids is 1. The van der Waals surface area contributed by atoms with E-state index in [2.05, 4.69) is 24.5 Å². The van der Waals surface area contributed by atoms with Gasteiger partial charge in [0.15, 0.2) is 0 Å². The van der Waals surface area contributed by atoms with Crippen molar-refractivity contribution in [3.8, 4) is 0 Å². The van der Waals surface area contributed by atoms with Crippen molar-refractivity contribution >= 4 is 12.1 Å². The fourth-order valence-electron chi connectivity index (χ4n) is 2.13. The van der Waals surface area contributed by atoms with Crippen LogP contribution < -0.4 is 10.6 Å². The van der Waals surface area contributed by atoms with Crippen LogP contribution in [-0.4, -0.2) is 41.4 Å². The maximum atomic E-state index is 11.7. The minimum absolute atomic E-state index is 0.0836. The van der Waals surface area contributed by atoms with Gasteiger partial charge in [-0.05, 0) is 46.5 Å². The Balaban J connectivity index is 4.33. The molecule has 0 aliphatic rings. The van der Waals surface area contributed by atoms with E-state index in [4.69, 9.17) is 9.84 Å². The summed E-state index contributed by atoms with van der Waals surface area (Å²) in [6.07, 6.45) is 1.17. The van der Waals surface area contributed by atoms with Crippen LogP contribution in [0.3, 0.4) is 0 Å². The molecule has 130 valence electrons. The van der Waals surface area contributed by atoms with Crippen LogP contribution in [0.2, 0.25) is 0 Å². The number of nitrogens with one attached hydrogen (secondary N) is 2. The van der Waals surface area contributed by atoms with E-state index in [0.717, 1.165) is 6.42 Å². The van der Waals surface area contributed by atoms with Crippen molar-refractivity contribution in [1.82, 2.24) is 10.6 Å². The molecule has 0 aromatic carbocycles. The molecule has 1 amide bonds. The number of carboxylic acids is 1. The van der Waals surface area contributed by atoms with Gasteiger partial charge in [0.1, 0.15) is 5.60 Å². The lowest BCUT2D eigenvalue weighted by molar-refractivity contribution is -0.137. The van der Waals surface area contributed by atoms with Crippen LogP contribution in [0.5, 0.6) is 0 Å². The molecule has 3 N–H and O–H groups in total. The average molecular weight is 316 g/mol. The number of carbonyl (C=O) groups excluding carboxylic acids is 1. The first-order chi connectivity index (χ1) is 9.99. The first kappa shape index (κ1) is 20.7. The normalized spacial score (nSPS) is 14.5. The number of hydrogen-bond acceptors (Lipinski definition) is 4. The van der Waals surface area contributed by atoms with Crippen LogP contribution in [0.25, 0.3) is 0 Å². The molecule has 2 atom stereocenters. The van der Waals surface area contributed by atoms with Crippen LogP contribution >= 0.6 is 0 Å². The number of hydrogen-bond donors (Lipinski definition) is 3. The van der Waals surface area contributed by atoms with Crippen LogP contribution in [0.15, 0.2) is 0 Å². The van der Waals surface area contributed by atoms with E-state index in [0.29, 0.717) is 18.9 Å². The summed E-state index contributed by atoms with van der Waals surface area (Å²) in [5.74, 6) is -0.314. The second-order valence-electron chi connectivity index (χ2n) is 7.21. The highest BCUT2D eigenvalue weighted by Gasteiger charge is 2.19. The maximum absolute atomic E-state index is 11.7. The Morgan fingerprint density at radius 2 is 1.77 bits per heavy atom. The predicted molar refractivity (Wildman–Crippen MR) is 86.9 cm³/mol. The first-order valence-electron chi connectivity index (χ1n) is 7.94. The lowest BCUT2D eigenvalue weighted by Gasteiger charge is -2.26. The van der Waals surface area contributed by atoms with E-state index in [1.165, 1.54) is 0 Å². The monoisotopic (exact) mass is 316 g/mol. The van der Waals surface area contributed by atoms with E-state index in [1.807, 2.05) is 27.7 Å². The predicted octanol–water partition coefficient (Wildman–Crippen LogP) is 2.77. The molecule has 22 heavy (non-hydrogen) atoms. The van der Waals surface area contributed by atoms with Gasteiger partial charge in [0.25, 0.3) is 0 Å². The van der Waals surface area contributed by atoms with Crippen LogP contribution in [-0.2, 0) is 9.53 Å². The summed E-state index contributed by atoms with van der Waals surface area (Å²) in [7, 11) is 0. The Labute approximate surface area is 134 Å². The Morgan fingerprint density at radius 1 is 1.18 bits per heavy atom. The molecule has 0 heterocycles. The lowest BCUT2D eigenvalue weighted by Crippen LogP contribution is -2.46. The second kappa shape index (κ2) is 9.66. The van der Waals surface area contributed by atoms with E-state index in [-0.39, 0.29) is 18.5 Å². The van der Waals surface area contributed by atoms with Gasteiger partial charge in [-0.1, -0.05) is 13.8 Å². The number of carbonyl (C=O) groups is 2. The summed E-state index contributed by atoms with van der Waals surface area (Å²) in [6, 6.07) is 0.177. The highest BCUT2D eigenvalue weighted by Crippen LogP contribution is 2.09. The molecular formula is C16H32N2O4. The van der Waals surface area contributed by atoms with E-state index >= 15 is 0 Å². The third kappa shape index (κ3) is 12.4. The zero-order valence-electron chi connectivity index (χ0n) is 14.7. The molecule has 0 fully saturated rings. The molecular weight excluding hydrogens is 284 g/mol. The quantitative estimate of drug-likeness (QED) is 0.609. The summed E-state index contributed by atoms with van der Waals surface area (Å²) in [5, 5.41) is 14.9. The molecule has 0 aromatic heterocycles. The van der Waals surface area contributed by atoms with Gasteiger partial charge in [-0.15, -0.1) is 0 Å². The zero-order chi connectivity index (χ0) is 17.3. The fraction of sp³-hybridized carbons (Fsp3) is 0.875. The van der Waals surface area contributed by atoms with Crippen LogP contribution in [0.1, 0.15) is 60.8 Å². The van der Waals surface area contributed by atoms with Gasteiger partial charge in [0.05, 0.1) is 0 Å². The lowest BCUT2D eigenvalue weighted by atomic mass is 10.0. The maximum Gasteiger partial charge on any atom is 0.407 e. The molecule has 0 aromatic rings. The topological polar surface area (TPSA) is 87.7 Å². The van der Waals surface area contributed by atoms with E-state index in [1.54, 1.807) is 0 Å². The van der Waals surface area contributed by atoms with Crippen LogP contribution in [0, 0.1) is 5.92 Å². The van der Waals surface area contributed by atoms with Gasteiger partial charge in [0.2, 0.25) is 0 Å². The van der Waals surface area contributed by atoms with Crippen molar-refractivity contribution in [2.75, 3.05) is 6.54 Å². The summed E-state index contributed by atoms with van der Waals surface area (Å²) in [6.45, 7) is 12.1. The number of amides is 1.